The van der Waals surface area contributed by atoms with Crippen molar-refractivity contribution in [3.8, 4) is 0 Å². The van der Waals surface area contributed by atoms with Gasteiger partial charge < -0.3 is 9.47 Å². The lowest BCUT2D eigenvalue weighted by Gasteiger charge is -2.35. The molecule has 6 nitrogen and oxygen atoms in total. The summed E-state index contributed by atoms with van der Waals surface area (Å²) in [5, 5.41) is 0.679. The number of fused-ring (bicyclic) bond motifs is 1. The Morgan fingerprint density at radius 3 is 2.33 bits per heavy atom. The molecule has 0 bridgehead atoms. The van der Waals surface area contributed by atoms with E-state index in [1.807, 2.05) is 24.3 Å². The van der Waals surface area contributed by atoms with Crippen LogP contribution in [0.15, 0.2) is 52.2 Å². The first-order valence-electron chi connectivity index (χ1n) is 8.46. The first kappa shape index (κ1) is 18.5. The zero-order valence-corrected chi connectivity index (χ0v) is 17.0. The van der Waals surface area contributed by atoms with Crippen LogP contribution in [-0.2, 0) is 17.1 Å². The third-order valence-electron chi connectivity index (χ3n) is 4.83. The lowest BCUT2D eigenvalue weighted by atomic mass is 10.2. The smallest absolute Gasteiger partial charge is 0.307 e. The second-order valence-corrected chi connectivity index (χ2v) is 9.79. The lowest BCUT2D eigenvalue weighted by Crippen LogP contribution is -2.48. The van der Waals surface area contributed by atoms with Gasteiger partial charge in [-0.15, -0.1) is 0 Å². The third kappa shape index (κ3) is 3.38. The van der Waals surface area contributed by atoms with E-state index in [0.717, 1.165) is 22.5 Å². The Balaban J connectivity index is 1.55. The van der Waals surface area contributed by atoms with E-state index in [9.17, 15) is 13.2 Å². The van der Waals surface area contributed by atoms with Crippen LogP contribution >= 0.6 is 22.9 Å². The zero-order valence-electron chi connectivity index (χ0n) is 14.6. The van der Waals surface area contributed by atoms with Gasteiger partial charge in [0.15, 0.2) is 0 Å². The number of aromatic nitrogens is 1. The lowest BCUT2D eigenvalue weighted by molar-refractivity contribution is 0.385. The average molecular weight is 424 g/mol. The number of hydrogen-bond acceptors (Lipinski definition) is 5. The topological polar surface area (TPSA) is 62.6 Å². The fraction of sp³-hybridized carbons (Fsp3) is 0.278. The molecule has 0 spiro atoms. The highest BCUT2D eigenvalue weighted by Crippen LogP contribution is 2.25. The van der Waals surface area contributed by atoms with Gasteiger partial charge in [-0.2, -0.15) is 4.31 Å². The van der Waals surface area contributed by atoms with Crippen LogP contribution in [0.4, 0.5) is 5.69 Å². The quantitative estimate of drug-likeness (QED) is 0.649. The summed E-state index contributed by atoms with van der Waals surface area (Å²) in [6, 6.07) is 12.4. The summed E-state index contributed by atoms with van der Waals surface area (Å²) < 4.78 is 29.8. The van der Waals surface area contributed by atoms with Crippen LogP contribution < -0.4 is 9.77 Å². The van der Waals surface area contributed by atoms with Crippen LogP contribution in [0.1, 0.15) is 0 Å². The van der Waals surface area contributed by atoms with Gasteiger partial charge >= 0.3 is 4.87 Å². The number of benzene rings is 2. The highest BCUT2D eigenvalue weighted by Gasteiger charge is 2.29. The van der Waals surface area contributed by atoms with Crippen molar-refractivity contribution in [2.24, 2.45) is 7.05 Å². The van der Waals surface area contributed by atoms with Crippen LogP contribution in [0.25, 0.3) is 10.2 Å². The number of rotatable bonds is 3. The highest BCUT2D eigenvalue weighted by atomic mass is 35.5. The van der Waals surface area contributed by atoms with Gasteiger partial charge in [0.05, 0.1) is 15.1 Å². The van der Waals surface area contributed by atoms with Crippen molar-refractivity contribution in [2.45, 2.75) is 4.90 Å². The Morgan fingerprint density at radius 1 is 1.00 bits per heavy atom. The van der Waals surface area contributed by atoms with Crippen LogP contribution in [0.3, 0.4) is 0 Å². The largest absolute Gasteiger partial charge is 0.369 e. The van der Waals surface area contributed by atoms with Gasteiger partial charge in [-0.05, 0) is 42.5 Å². The van der Waals surface area contributed by atoms with E-state index < -0.39 is 10.0 Å². The molecular formula is C18H18ClN3O3S2. The number of halogens is 1. The number of nitrogens with zero attached hydrogens (tertiary/aromatic N) is 3. The Hall–Kier alpha value is -1.87. The van der Waals surface area contributed by atoms with Crippen molar-refractivity contribution in [2.75, 3.05) is 31.1 Å². The summed E-state index contributed by atoms with van der Waals surface area (Å²) in [6.45, 7) is 2.05. The highest BCUT2D eigenvalue weighted by molar-refractivity contribution is 7.89. The number of thiazole rings is 1. The van der Waals surface area contributed by atoms with Gasteiger partial charge in [-0.1, -0.05) is 22.9 Å². The van der Waals surface area contributed by atoms with E-state index in [2.05, 4.69) is 4.90 Å². The van der Waals surface area contributed by atoms with Crippen LogP contribution in [0, 0.1) is 0 Å². The van der Waals surface area contributed by atoms with Gasteiger partial charge in [-0.25, -0.2) is 8.42 Å². The zero-order chi connectivity index (χ0) is 19.2. The summed E-state index contributed by atoms with van der Waals surface area (Å²) in [4.78, 5) is 14.1. The summed E-state index contributed by atoms with van der Waals surface area (Å²) in [7, 11) is -1.90. The fourth-order valence-corrected chi connectivity index (χ4v) is 5.83. The third-order valence-corrected chi connectivity index (χ3v) is 7.97. The SMILES string of the molecule is Cn1c(=O)sc2cc(S(=O)(=O)N3CCN(c4ccc(Cl)cc4)CC3)ccc21. The molecule has 27 heavy (non-hydrogen) atoms. The molecule has 1 saturated heterocycles. The van der Waals surface area contributed by atoms with Gasteiger partial charge in [0, 0.05) is 43.9 Å². The molecule has 0 radical (unpaired) electrons. The molecule has 0 atom stereocenters. The first-order chi connectivity index (χ1) is 12.9. The molecule has 1 aliphatic rings. The predicted molar refractivity (Wildman–Crippen MR) is 109 cm³/mol. The minimum absolute atomic E-state index is 0.101. The van der Waals surface area contributed by atoms with Crippen molar-refractivity contribution in [1.29, 1.82) is 0 Å². The van der Waals surface area contributed by atoms with Crippen LogP contribution in [-0.4, -0.2) is 43.5 Å². The molecular weight excluding hydrogens is 406 g/mol. The van der Waals surface area contributed by atoms with E-state index >= 15 is 0 Å². The Kier molecular flexibility index (Phi) is 4.75. The molecule has 1 aromatic heterocycles. The minimum Gasteiger partial charge on any atom is -0.369 e. The van der Waals surface area contributed by atoms with Gasteiger partial charge in [0.2, 0.25) is 10.0 Å². The van der Waals surface area contributed by atoms with Crippen molar-refractivity contribution < 1.29 is 8.42 Å². The maximum atomic E-state index is 13.0. The molecule has 2 heterocycles. The Morgan fingerprint density at radius 2 is 1.67 bits per heavy atom. The molecule has 3 aromatic rings. The van der Waals surface area contributed by atoms with Crippen molar-refractivity contribution in [1.82, 2.24) is 8.87 Å². The second kappa shape index (κ2) is 6.94. The second-order valence-electron chi connectivity index (χ2n) is 6.42. The van der Waals surface area contributed by atoms with Crippen molar-refractivity contribution >= 4 is 48.9 Å². The molecule has 0 amide bonds. The van der Waals surface area contributed by atoms with E-state index in [-0.39, 0.29) is 9.77 Å². The number of anilines is 1. The molecule has 1 fully saturated rings. The average Bonchev–Trinajstić information content (AvgIpc) is 2.96. The standard InChI is InChI=1S/C18H18ClN3O3S2/c1-20-16-7-6-15(12-17(16)26-18(20)23)27(24,25)22-10-8-21(9-11-22)14-4-2-13(19)3-5-14/h2-7,12H,8-11H2,1H3. The molecule has 0 N–H and O–H groups in total. The molecule has 1 aliphatic heterocycles. The number of hydrogen-bond donors (Lipinski definition) is 0. The summed E-state index contributed by atoms with van der Waals surface area (Å²) in [5.74, 6) is 0. The predicted octanol–water partition coefficient (Wildman–Crippen LogP) is 2.76. The fourth-order valence-electron chi connectivity index (χ4n) is 3.26. The van der Waals surface area contributed by atoms with Crippen LogP contribution in [0.2, 0.25) is 5.02 Å². The normalized spacial score (nSPS) is 16.1. The molecule has 0 saturated carbocycles. The molecule has 142 valence electrons. The molecule has 9 heteroatoms. The van der Waals surface area contributed by atoms with E-state index in [1.165, 1.54) is 8.87 Å². The van der Waals surface area contributed by atoms with Gasteiger partial charge in [0.25, 0.3) is 0 Å². The van der Waals surface area contributed by atoms with Crippen molar-refractivity contribution in [3.05, 3.63) is 57.2 Å². The maximum Gasteiger partial charge on any atom is 0.307 e. The summed E-state index contributed by atoms with van der Waals surface area (Å²) >= 11 is 6.99. The Bertz CT molecular complexity index is 1140. The summed E-state index contributed by atoms with van der Waals surface area (Å²) in [6.07, 6.45) is 0. The molecule has 4 rings (SSSR count). The summed E-state index contributed by atoms with van der Waals surface area (Å²) in [5.41, 5.74) is 1.78. The maximum absolute atomic E-state index is 13.0. The van der Waals surface area contributed by atoms with Gasteiger partial charge in [0.1, 0.15) is 0 Å². The number of aryl methyl sites for hydroxylation is 1. The van der Waals surface area contributed by atoms with Crippen molar-refractivity contribution in [3.63, 3.8) is 0 Å². The monoisotopic (exact) mass is 423 g/mol. The molecule has 2 aromatic carbocycles. The first-order valence-corrected chi connectivity index (χ1v) is 11.1. The van der Waals surface area contributed by atoms with E-state index in [1.54, 1.807) is 25.2 Å². The molecule has 0 unspecified atom stereocenters. The Labute approximate surface area is 166 Å². The minimum atomic E-state index is -3.59. The number of sulfonamides is 1. The number of piperazine rings is 1. The van der Waals surface area contributed by atoms with E-state index in [4.69, 9.17) is 11.6 Å². The van der Waals surface area contributed by atoms with Gasteiger partial charge in [-0.3, -0.25) is 4.79 Å². The van der Waals surface area contributed by atoms with Crippen LogP contribution in [0.5, 0.6) is 0 Å². The van der Waals surface area contributed by atoms with E-state index in [0.29, 0.717) is 35.9 Å². The molecule has 0 aliphatic carbocycles.